The number of nitriles is 1. The Bertz CT molecular complexity index is 1290. The Morgan fingerprint density at radius 1 is 1.09 bits per heavy atom. The molecule has 2 amide bonds. The first-order chi connectivity index (χ1) is 15.5. The van der Waals surface area contributed by atoms with Crippen LogP contribution in [-0.2, 0) is 16.2 Å². The molecular weight excluding hydrogens is 442 g/mol. The fourth-order valence-corrected chi connectivity index (χ4v) is 6.08. The van der Waals surface area contributed by atoms with E-state index < -0.39 is 4.87 Å². The second kappa shape index (κ2) is 8.01. The summed E-state index contributed by atoms with van der Waals surface area (Å²) in [6.45, 7) is 0.792. The van der Waals surface area contributed by atoms with Crippen molar-refractivity contribution in [3.8, 4) is 6.07 Å². The zero-order valence-electron chi connectivity index (χ0n) is 17.0. The summed E-state index contributed by atoms with van der Waals surface area (Å²) in [4.78, 5) is 29.8. The third-order valence-corrected chi connectivity index (χ3v) is 7.47. The Balaban J connectivity index is 1.57. The molecule has 3 aromatic rings. The molecule has 2 aliphatic rings. The zero-order chi connectivity index (χ0) is 22.3. The summed E-state index contributed by atoms with van der Waals surface area (Å²) < 4.78 is 0. The fourth-order valence-electron chi connectivity index (χ4n) is 4.42. The highest BCUT2D eigenvalue weighted by Gasteiger charge is 2.59. The molecule has 7 heteroatoms. The van der Waals surface area contributed by atoms with Crippen LogP contribution in [0.5, 0.6) is 0 Å². The molecule has 32 heavy (non-hydrogen) atoms. The SMILES string of the molecule is N#Cc1cccc(CN2C(=O)[C@@]3(SCCN3C(=O)c3cccc(Cl)c3)c3ccccc32)c1. The molecule has 0 bridgehead atoms. The van der Waals surface area contributed by atoms with Crippen molar-refractivity contribution in [3.63, 3.8) is 0 Å². The molecule has 0 aromatic heterocycles. The van der Waals surface area contributed by atoms with Gasteiger partial charge in [-0.3, -0.25) is 9.59 Å². The molecule has 0 N–H and O–H groups in total. The van der Waals surface area contributed by atoms with Gasteiger partial charge in [0.25, 0.3) is 11.8 Å². The number of carbonyl (C=O) groups excluding carboxylic acids is 2. The molecule has 0 aliphatic carbocycles. The van der Waals surface area contributed by atoms with Crippen LogP contribution in [0.1, 0.15) is 27.0 Å². The largest absolute Gasteiger partial charge is 0.311 e. The number of hydrogen-bond acceptors (Lipinski definition) is 4. The summed E-state index contributed by atoms with van der Waals surface area (Å²) in [5, 5.41) is 9.72. The first-order valence-corrected chi connectivity index (χ1v) is 11.5. The predicted molar refractivity (Wildman–Crippen MR) is 125 cm³/mol. The number of anilines is 1. The van der Waals surface area contributed by atoms with Gasteiger partial charge >= 0.3 is 0 Å². The summed E-state index contributed by atoms with van der Waals surface area (Å²) in [6.07, 6.45) is 0. The third kappa shape index (κ3) is 3.17. The summed E-state index contributed by atoms with van der Waals surface area (Å²) in [6, 6.07) is 23.8. The van der Waals surface area contributed by atoms with Gasteiger partial charge in [0.2, 0.25) is 0 Å². The van der Waals surface area contributed by atoms with E-state index in [4.69, 9.17) is 11.6 Å². The molecule has 0 radical (unpaired) electrons. The number of halogens is 1. The van der Waals surface area contributed by atoms with Crippen LogP contribution in [0.3, 0.4) is 0 Å². The highest BCUT2D eigenvalue weighted by molar-refractivity contribution is 8.01. The minimum Gasteiger partial charge on any atom is -0.311 e. The molecule has 2 heterocycles. The smallest absolute Gasteiger partial charge is 0.268 e. The molecule has 1 atom stereocenters. The first-order valence-electron chi connectivity index (χ1n) is 10.2. The molecule has 158 valence electrons. The summed E-state index contributed by atoms with van der Waals surface area (Å²) in [7, 11) is 0. The Morgan fingerprint density at radius 3 is 2.72 bits per heavy atom. The van der Waals surface area contributed by atoms with Crippen molar-refractivity contribution >= 4 is 40.9 Å². The predicted octanol–water partition coefficient (Wildman–Crippen LogP) is 4.80. The lowest BCUT2D eigenvalue weighted by Crippen LogP contribution is -2.50. The zero-order valence-corrected chi connectivity index (χ0v) is 18.6. The Labute approximate surface area is 195 Å². The van der Waals surface area contributed by atoms with E-state index in [-0.39, 0.29) is 11.8 Å². The molecule has 3 aromatic carbocycles. The molecule has 5 nitrogen and oxygen atoms in total. The van der Waals surface area contributed by atoms with Crippen molar-refractivity contribution in [2.45, 2.75) is 11.4 Å². The van der Waals surface area contributed by atoms with E-state index in [0.717, 1.165) is 16.8 Å². The van der Waals surface area contributed by atoms with E-state index in [1.54, 1.807) is 46.2 Å². The van der Waals surface area contributed by atoms with Crippen LogP contribution in [0, 0.1) is 11.3 Å². The number of thioether (sulfide) groups is 1. The van der Waals surface area contributed by atoms with E-state index in [9.17, 15) is 14.9 Å². The lowest BCUT2D eigenvalue weighted by Gasteiger charge is -2.33. The number of rotatable bonds is 3. The summed E-state index contributed by atoms with van der Waals surface area (Å²) in [5.41, 5.74) is 3.48. The molecule has 1 saturated heterocycles. The Hall–Kier alpha value is -3.27. The number of para-hydroxylation sites is 1. The number of benzene rings is 3. The molecule has 0 unspecified atom stereocenters. The number of amides is 2. The molecule has 2 aliphatic heterocycles. The van der Waals surface area contributed by atoms with Gasteiger partial charge in [-0.15, -0.1) is 11.8 Å². The monoisotopic (exact) mass is 459 g/mol. The lowest BCUT2D eigenvalue weighted by atomic mass is 10.0. The number of fused-ring (bicyclic) bond motifs is 2. The van der Waals surface area contributed by atoms with E-state index in [0.29, 0.717) is 35.0 Å². The number of hydrogen-bond donors (Lipinski definition) is 0. The Morgan fingerprint density at radius 2 is 1.91 bits per heavy atom. The van der Waals surface area contributed by atoms with Crippen molar-refractivity contribution in [3.05, 3.63) is 100 Å². The normalized spacial score (nSPS) is 19.3. The van der Waals surface area contributed by atoms with Crippen molar-refractivity contribution in [1.82, 2.24) is 4.90 Å². The van der Waals surface area contributed by atoms with Crippen LogP contribution in [0.2, 0.25) is 5.02 Å². The van der Waals surface area contributed by atoms with Crippen LogP contribution in [0.15, 0.2) is 72.8 Å². The van der Waals surface area contributed by atoms with Gasteiger partial charge in [-0.05, 0) is 42.0 Å². The van der Waals surface area contributed by atoms with Crippen molar-refractivity contribution in [2.75, 3.05) is 17.2 Å². The second-order valence-electron chi connectivity index (χ2n) is 7.68. The van der Waals surface area contributed by atoms with Gasteiger partial charge in [-0.1, -0.05) is 48.0 Å². The van der Waals surface area contributed by atoms with Crippen LogP contribution in [0.25, 0.3) is 0 Å². The van der Waals surface area contributed by atoms with Crippen LogP contribution in [-0.4, -0.2) is 29.0 Å². The molecule has 5 rings (SSSR count). The second-order valence-corrected chi connectivity index (χ2v) is 9.40. The van der Waals surface area contributed by atoms with Crippen molar-refractivity contribution in [1.29, 1.82) is 5.26 Å². The summed E-state index contributed by atoms with van der Waals surface area (Å²) >= 11 is 7.61. The topological polar surface area (TPSA) is 64.4 Å². The van der Waals surface area contributed by atoms with E-state index in [1.165, 1.54) is 11.8 Å². The van der Waals surface area contributed by atoms with Gasteiger partial charge in [0.05, 0.1) is 23.9 Å². The fraction of sp³-hybridized carbons (Fsp3) is 0.160. The highest BCUT2D eigenvalue weighted by Crippen LogP contribution is 2.54. The van der Waals surface area contributed by atoms with E-state index >= 15 is 0 Å². The standard InChI is InChI=1S/C25H18ClN3O2S/c26-20-8-4-7-19(14-20)23(30)29-11-12-32-25(29)21-9-1-2-10-22(21)28(24(25)31)16-18-6-3-5-17(13-18)15-27/h1-10,13-14H,11-12,16H2/t25-/m0/s1. The maximum atomic E-state index is 14.0. The quantitative estimate of drug-likeness (QED) is 0.564. The van der Waals surface area contributed by atoms with Gasteiger partial charge in [-0.2, -0.15) is 5.26 Å². The first kappa shape index (κ1) is 20.6. The van der Waals surface area contributed by atoms with Gasteiger partial charge in [0.15, 0.2) is 4.87 Å². The Kier molecular flexibility index (Phi) is 5.16. The molecule has 1 fully saturated rings. The lowest BCUT2D eigenvalue weighted by molar-refractivity contribution is -0.123. The van der Waals surface area contributed by atoms with Gasteiger partial charge in [0, 0.05) is 28.4 Å². The van der Waals surface area contributed by atoms with Gasteiger partial charge in [0.1, 0.15) is 0 Å². The minimum atomic E-state index is -1.11. The average Bonchev–Trinajstić information content (AvgIpc) is 3.36. The maximum Gasteiger partial charge on any atom is 0.268 e. The van der Waals surface area contributed by atoms with Crippen LogP contribution < -0.4 is 4.90 Å². The van der Waals surface area contributed by atoms with Crippen LogP contribution >= 0.6 is 23.4 Å². The van der Waals surface area contributed by atoms with Crippen molar-refractivity contribution < 1.29 is 9.59 Å². The highest BCUT2D eigenvalue weighted by atomic mass is 35.5. The third-order valence-electron chi connectivity index (χ3n) is 5.81. The molecular formula is C25H18ClN3O2S. The van der Waals surface area contributed by atoms with E-state index in [2.05, 4.69) is 6.07 Å². The minimum absolute atomic E-state index is 0.140. The number of nitrogens with zero attached hydrogens (tertiary/aromatic N) is 3. The van der Waals surface area contributed by atoms with Gasteiger partial charge in [-0.25, -0.2) is 0 Å². The summed E-state index contributed by atoms with van der Waals surface area (Å²) in [5.74, 6) is 0.303. The average molecular weight is 460 g/mol. The van der Waals surface area contributed by atoms with Crippen molar-refractivity contribution in [2.24, 2.45) is 0 Å². The number of carbonyl (C=O) groups is 2. The maximum absolute atomic E-state index is 14.0. The molecule has 1 spiro atoms. The van der Waals surface area contributed by atoms with E-state index in [1.807, 2.05) is 36.4 Å². The molecule has 0 saturated carbocycles. The van der Waals surface area contributed by atoms with Crippen LogP contribution in [0.4, 0.5) is 5.69 Å². The van der Waals surface area contributed by atoms with Gasteiger partial charge < -0.3 is 9.80 Å².